The highest BCUT2D eigenvalue weighted by molar-refractivity contribution is 6.74. The number of hydrogen-bond acceptors (Lipinski definition) is 2. The molecule has 1 unspecified atom stereocenters. The minimum absolute atomic E-state index is 0.148. The van der Waals surface area contributed by atoms with Crippen LogP contribution in [0.2, 0.25) is 18.1 Å². The third-order valence-corrected chi connectivity index (χ3v) is 10.4. The van der Waals surface area contributed by atoms with Crippen molar-refractivity contribution in [1.82, 2.24) is 0 Å². The summed E-state index contributed by atoms with van der Waals surface area (Å²) in [4.78, 5) is 0. The van der Waals surface area contributed by atoms with Gasteiger partial charge in [0.25, 0.3) is 8.32 Å². The molecule has 0 bridgehead atoms. The SMILES string of the molecule is [CH2]C(CC)CCc1cccc(-c2ccc(O[Si](C)(C)C(C)(C)C)c(OC)c2)c1. The largest absolute Gasteiger partial charge is 0.541 e. The number of benzene rings is 2. The van der Waals surface area contributed by atoms with Crippen LogP contribution in [0.4, 0.5) is 0 Å². The normalized spacial score (nSPS) is 13.3. The molecular formula is C25H37O2Si. The quantitative estimate of drug-likeness (QED) is 0.428. The van der Waals surface area contributed by atoms with Gasteiger partial charge in [-0.3, -0.25) is 0 Å². The van der Waals surface area contributed by atoms with Crippen LogP contribution in [0.25, 0.3) is 11.1 Å². The van der Waals surface area contributed by atoms with E-state index in [2.05, 4.69) is 90.2 Å². The van der Waals surface area contributed by atoms with Crippen molar-refractivity contribution in [1.29, 1.82) is 0 Å². The summed E-state index contributed by atoms with van der Waals surface area (Å²) in [5, 5.41) is 0.148. The third kappa shape index (κ3) is 5.63. The third-order valence-electron chi connectivity index (χ3n) is 6.01. The van der Waals surface area contributed by atoms with Gasteiger partial charge in [0, 0.05) is 0 Å². The average molecular weight is 398 g/mol. The minimum Gasteiger partial charge on any atom is -0.541 e. The first-order valence-electron chi connectivity index (χ1n) is 10.4. The topological polar surface area (TPSA) is 18.5 Å². The number of rotatable bonds is 8. The summed E-state index contributed by atoms with van der Waals surface area (Å²) in [6, 6.07) is 15.1. The van der Waals surface area contributed by atoms with Gasteiger partial charge in [-0.05, 0) is 65.7 Å². The van der Waals surface area contributed by atoms with Gasteiger partial charge >= 0.3 is 0 Å². The Morgan fingerprint density at radius 3 is 2.29 bits per heavy atom. The summed E-state index contributed by atoms with van der Waals surface area (Å²) >= 11 is 0. The van der Waals surface area contributed by atoms with Crippen molar-refractivity contribution in [2.24, 2.45) is 5.92 Å². The average Bonchev–Trinajstić information content (AvgIpc) is 2.65. The monoisotopic (exact) mass is 397 g/mol. The molecule has 0 saturated heterocycles. The van der Waals surface area contributed by atoms with Crippen LogP contribution in [0, 0.1) is 12.8 Å². The van der Waals surface area contributed by atoms with Crippen molar-refractivity contribution >= 4 is 8.32 Å². The second-order valence-corrected chi connectivity index (χ2v) is 14.0. The van der Waals surface area contributed by atoms with Crippen LogP contribution in [0.5, 0.6) is 11.5 Å². The smallest absolute Gasteiger partial charge is 0.250 e. The van der Waals surface area contributed by atoms with Crippen LogP contribution in [0.3, 0.4) is 0 Å². The molecule has 0 aromatic heterocycles. The van der Waals surface area contributed by atoms with Crippen LogP contribution >= 0.6 is 0 Å². The Morgan fingerprint density at radius 1 is 1.00 bits per heavy atom. The summed E-state index contributed by atoms with van der Waals surface area (Å²) in [7, 11) is -0.195. The van der Waals surface area contributed by atoms with E-state index in [1.165, 1.54) is 11.1 Å². The van der Waals surface area contributed by atoms with Gasteiger partial charge in [-0.2, -0.15) is 0 Å². The van der Waals surface area contributed by atoms with Gasteiger partial charge in [-0.25, -0.2) is 0 Å². The van der Waals surface area contributed by atoms with Gasteiger partial charge in [0.2, 0.25) is 0 Å². The van der Waals surface area contributed by atoms with Crippen molar-refractivity contribution < 1.29 is 9.16 Å². The Hall–Kier alpha value is -1.74. The van der Waals surface area contributed by atoms with Crippen LogP contribution < -0.4 is 9.16 Å². The standard InChI is InChI=1S/C25H37O2Si/c1-9-19(2)13-14-20-11-10-12-21(17-20)22-15-16-23(24(18-22)26-6)27-28(7,8)25(3,4)5/h10-12,15-19H,2,9,13-14H2,1,3-8H3. The maximum Gasteiger partial charge on any atom is 0.250 e. The van der Waals surface area contributed by atoms with Crippen LogP contribution in [-0.4, -0.2) is 15.4 Å². The summed E-state index contributed by atoms with van der Waals surface area (Å²) in [6.07, 6.45) is 3.33. The number of aryl methyl sites for hydroxylation is 1. The zero-order chi connectivity index (χ0) is 20.9. The molecule has 2 nitrogen and oxygen atoms in total. The molecule has 1 radical (unpaired) electrons. The first kappa shape index (κ1) is 22.5. The lowest BCUT2D eigenvalue weighted by atomic mass is 9.96. The van der Waals surface area contributed by atoms with Crippen molar-refractivity contribution in [3.05, 3.63) is 55.0 Å². The highest BCUT2D eigenvalue weighted by atomic mass is 28.4. The van der Waals surface area contributed by atoms with Crippen LogP contribution in [0.1, 0.15) is 46.1 Å². The Bertz CT molecular complexity index is 774. The molecule has 3 heteroatoms. The van der Waals surface area contributed by atoms with E-state index in [1.807, 2.05) is 0 Å². The maximum absolute atomic E-state index is 6.49. The van der Waals surface area contributed by atoms with Gasteiger partial charge in [0.1, 0.15) is 5.75 Å². The minimum atomic E-state index is -1.91. The molecule has 0 aliphatic carbocycles. The van der Waals surface area contributed by atoms with E-state index in [-0.39, 0.29) is 5.04 Å². The molecule has 0 N–H and O–H groups in total. The Labute approximate surface area is 173 Å². The molecule has 28 heavy (non-hydrogen) atoms. The lowest BCUT2D eigenvalue weighted by Gasteiger charge is -2.36. The molecule has 0 saturated carbocycles. The fourth-order valence-corrected chi connectivity index (χ4v) is 3.87. The Morgan fingerprint density at radius 2 is 1.68 bits per heavy atom. The first-order valence-corrected chi connectivity index (χ1v) is 13.3. The highest BCUT2D eigenvalue weighted by Gasteiger charge is 2.39. The zero-order valence-corrected chi connectivity index (χ0v) is 19.8. The molecule has 1 atom stereocenters. The molecule has 2 rings (SSSR count). The van der Waals surface area contributed by atoms with E-state index in [0.717, 1.165) is 36.3 Å². The van der Waals surface area contributed by atoms with Crippen LogP contribution in [-0.2, 0) is 6.42 Å². The van der Waals surface area contributed by atoms with Gasteiger partial charge < -0.3 is 9.16 Å². The van der Waals surface area contributed by atoms with Gasteiger partial charge in [0.15, 0.2) is 5.75 Å². The van der Waals surface area contributed by atoms with Crippen molar-refractivity contribution in [2.75, 3.05) is 7.11 Å². The highest BCUT2D eigenvalue weighted by Crippen LogP contribution is 2.41. The fourth-order valence-electron chi connectivity index (χ4n) is 2.84. The van der Waals surface area contributed by atoms with Crippen LogP contribution in [0.15, 0.2) is 42.5 Å². The molecule has 2 aromatic rings. The van der Waals surface area contributed by atoms with Crippen molar-refractivity contribution in [3.8, 4) is 22.6 Å². The van der Waals surface area contributed by atoms with E-state index in [9.17, 15) is 0 Å². The summed E-state index contributed by atoms with van der Waals surface area (Å²) < 4.78 is 12.2. The van der Waals surface area contributed by atoms with E-state index in [0.29, 0.717) is 5.92 Å². The molecule has 0 heterocycles. The lowest BCUT2D eigenvalue weighted by molar-refractivity contribution is 0.386. The molecule has 0 spiro atoms. The predicted octanol–water partition coefficient (Wildman–Crippen LogP) is 7.54. The van der Waals surface area contributed by atoms with Gasteiger partial charge in [0.05, 0.1) is 7.11 Å². The second kappa shape index (κ2) is 9.17. The van der Waals surface area contributed by atoms with E-state index in [1.54, 1.807) is 7.11 Å². The Balaban J connectivity index is 2.26. The van der Waals surface area contributed by atoms with Gasteiger partial charge in [-0.15, -0.1) is 0 Å². The summed E-state index contributed by atoms with van der Waals surface area (Å²) in [5.41, 5.74) is 3.73. The van der Waals surface area contributed by atoms with E-state index in [4.69, 9.17) is 9.16 Å². The molecule has 2 aromatic carbocycles. The molecule has 0 aliphatic rings. The van der Waals surface area contributed by atoms with Crippen molar-refractivity contribution in [3.63, 3.8) is 0 Å². The molecule has 153 valence electrons. The maximum atomic E-state index is 6.49. The number of hydrogen-bond donors (Lipinski definition) is 0. The first-order chi connectivity index (χ1) is 13.1. The fraction of sp³-hybridized carbons (Fsp3) is 0.480. The van der Waals surface area contributed by atoms with Crippen molar-refractivity contribution in [2.45, 2.75) is 65.1 Å². The van der Waals surface area contributed by atoms with Gasteiger partial charge in [-0.1, -0.05) is 71.4 Å². The molecule has 0 amide bonds. The zero-order valence-electron chi connectivity index (χ0n) is 18.8. The predicted molar refractivity (Wildman–Crippen MR) is 124 cm³/mol. The van der Waals surface area contributed by atoms with E-state index < -0.39 is 8.32 Å². The Kier molecular flexibility index (Phi) is 7.38. The second-order valence-electron chi connectivity index (χ2n) is 9.24. The summed E-state index contributed by atoms with van der Waals surface area (Å²) in [6.45, 7) is 17.7. The molecular weight excluding hydrogens is 360 g/mol. The number of ether oxygens (including phenoxy) is 1. The lowest BCUT2D eigenvalue weighted by Crippen LogP contribution is -2.43. The molecule has 0 aliphatic heterocycles. The summed E-state index contributed by atoms with van der Waals surface area (Å²) in [5.74, 6) is 2.17. The molecule has 0 fully saturated rings. The number of methoxy groups -OCH3 is 1. The van der Waals surface area contributed by atoms with E-state index >= 15 is 0 Å².